The van der Waals surface area contributed by atoms with Gasteiger partial charge in [0.05, 0.1) is 41.7 Å². The van der Waals surface area contributed by atoms with E-state index in [1.54, 1.807) is 16.0 Å². The molecular weight excluding hydrogens is 397 g/mol. The summed E-state index contributed by atoms with van der Waals surface area (Å²) in [6.07, 6.45) is 3.23. The highest BCUT2D eigenvalue weighted by Gasteiger charge is 2.35. The molecular formula is C20H23ClFN5O2. The lowest BCUT2D eigenvalue weighted by molar-refractivity contribution is -0.117. The second-order valence-electron chi connectivity index (χ2n) is 7.68. The molecule has 3 heterocycles. The van der Waals surface area contributed by atoms with Gasteiger partial charge in [-0.3, -0.25) is 9.48 Å². The zero-order valence-corrected chi connectivity index (χ0v) is 17.1. The Morgan fingerprint density at radius 2 is 2.17 bits per heavy atom. The van der Waals surface area contributed by atoms with Crippen molar-refractivity contribution in [1.82, 2.24) is 14.7 Å². The van der Waals surface area contributed by atoms with Crippen LogP contribution in [-0.2, 0) is 17.9 Å². The van der Waals surface area contributed by atoms with Crippen LogP contribution in [-0.4, -0.2) is 39.2 Å². The van der Waals surface area contributed by atoms with Gasteiger partial charge < -0.3 is 15.1 Å². The molecule has 9 heteroatoms. The first-order chi connectivity index (χ1) is 13.9. The number of amides is 3. The lowest BCUT2D eigenvalue weighted by Gasteiger charge is -2.35. The van der Waals surface area contributed by atoms with Crippen LogP contribution in [0.4, 0.5) is 20.6 Å². The van der Waals surface area contributed by atoms with Crippen molar-refractivity contribution in [3.05, 3.63) is 40.9 Å². The second-order valence-corrected chi connectivity index (χ2v) is 8.08. The van der Waals surface area contributed by atoms with E-state index in [1.165, 1.54) is 18.2 Å². The van der Waals surface area contributed by atoms with Gasteiger partial charge in [-0.15, -0.1) is 0 Å². The highest BCUT2D eigenvalue weighted by Crippen LogP contribution is 2.32. The summed E-state index contributed by atoms with van der Waals surface area (Å²) >= 11 is 5.81. The predicted octanol–water partition coefficient (Wildman–Crippen LogP) is 3.87. The topological polar surface area (TPSA) is 70.5 Å². The number of carbonyl (C=O) groups excluding carboxylic acids is 2. The number of anilines is 2. The fraction of sp³-hybridized carbons (Fsp3) is 0.450. The second kappa shape index (κ2) is 7.67. The number of rotatable bonds is 3. The van der Waals surface area contributed by atoms with Gasteiger partial charge in [0.15, 0.2) is 0 Å². The molecule has 1 aromatic carbocycles. The molecule has 2 aliphatic heterocycles. The van der Waals surface area contributed by atoms with Gasteiger partial charge in [0.1, 0.15) is 5.82 Å². The molecule has 3 amide bonds. The summed E-state index contributed by atoms with van der Waals surface area (Å²) in [5.74, 6) is -0.0865. The van der Waals surface area contributed by atoms with Gasteiger partial charge in [0.2, 0.25) is 5.91 Å². The number of fused-ring (bicyclic) bond motifs is 1. The number of urea groups is 1. The minimum atomic E-state index is -0.537. The van der Waals surface area contributed by atoms with Crippen LogP contribution in [0.3, 0.4) is 0 Å². The van der Waals surface area contributed by atoms with E-state index < -0.39 is 5.82 Å². The molecule has 0 spiro atoms. The third-order valence-corrected chi connectivity index (χ3v) is 6.01. The highest BCUT2D eigenvalue weighted by atomic mass is 35.5. The number of aromatic nitrogens is 2. The van der Waals surface area contributed by atoms with E-state index in [0.29, 0.717) is 37.7 Å². The Morgan fingerprint density at radius 3 is 2.86 bits per heavy atom. The molecule has 0 saturated carbocycles. The Kier molecular flexibility index (Phi) is 5.21. The van der Waals surface area contributed by atoms with Crippen LogP contribution in [0, 0.1) is 11.7 Å². The number of hydrogen-bond donors (Lipinski definition) is 1. The Bertz CT molecular complexity index is 962. The van der Waals surface area contributed by atoms with Crippen molar-refractivity contribution in [2.45, 2.75) is 45.8 Å². The monoisotopic (exact) mass is 419 g/mol. The smallest absolute Gasteiger partial charge is 0.314 e. The van der Waals surface area contributed by atoms with Crippen LogP contribution in [0.5, 0.6) is 0 Å². The fourth-order valence-electron chi connectivity index (χ4n) is 3.94. The number of hydrogen-bond acceptors (Lipinski definition) is 3. The van der Waals surface area contributed by atoms with Crippen LogP contribution >= 0.6 is 11.6 Å². The standard InChI is InChI=1S/C20H23ClFN5O2/c1-3-13-6-19(28)26(10-13)17-8-23-27-9-12(2)25(11-18(17)27)20(29)24-14-4-5-16(22)15(21)7-14/h4-5,7-8,12-13H,3,6,9-11H2,1-2H3,(H,24,29)/t12-,13?/m0/s1. The van der Waals surface area contributed by atoms with Crippen molar-refractivity contribution >= 4 is 34.9 Å². The normalized spacial score (nSPS) is 21.4. The maximum atomic E-state index is 13.4. The van der Waals surface area contributed by atoms with Crippen LogP contribution in [0.1, 0.15) is 32.4 Å². The third-order valence-electron chi connectivity index (χ3n) is 5.72. The molecule has 1 N–H and O–H groups in total. The fourth-order valence-corrected chi connectivity index (χ4v) is 4.12. The molecule has 0 bridgehead atoms. The summed E-state index contributed by atoms with van der Waals surface area (Å²) in [7, 11) is 0. The van der Waals surface area contributed by atoms with Crippen LogP contribution in [0.25, 0.3) is 0 Å². The maximum Gasteiger partial charge on any atom is 0.322 e. The molecule has 0 radical (unpaired) electrons. The average molecular weight is 420 g/mol. The van der Waals surface area contributed by atoms with E-state index in [1.807, 2.05) is 11.6 Å². The largest absolute Gasteiger partial charge is 0.322 e. The number of nitrogens with zero attached hydrogens (tertiary/aromatic N) is 4. The van der Waals surface area contributed by atoms with Gasteiger partial charge in [0, 0.05) is 18.7 Å². The molecule has 29 heavy (non-hydrogen) atoms. The molecule has 1 unspecified atom stereocenters. The zero-order valence-electron chi connectivity index (χ0n) is 16.4. The number of halogens is 2. The van der Waals surface area contributed by atoms with Gasteiger partial charge in [-0.05, 0) is 31.0 Å². The van der Waals surface area contributed by atoms with Crippen molar-refractivity contribution in [3.63, 3.8) is 0 Å². The SMILES string of the molecule is CCC1CC(=O)N(c2cnn3c2CN(C(=O)Nc2ccc(F)c(Cl)c2)[C@@H](C)C3)C1. The van der Waals surface area contributed by atoms with E-state index in [4.69, 9.17) is 11.6 Å². The lowest BCUT2D eigenvalue weighted by atomic mass is 10.1. The number of carbonyl (C=O) groups is 2. The first-order valence-corrected chi connectivity index (χ1v) is 10.1. The van der Waals surface area contributed by atoms with Crippen LogP contribution in [0.2, 0.25) is 5.02 Å². The number of nitrogens with one attached hydrogen (secondary N) is 1. The molecule has 1 aromatic heterocycles. The molecule has 154 valence electrons. The Balaban J connectivity index is 1.54. The summed E-state index contributed by atoms with van der Waals surface area (Å²) in [6.45, 7) is 5.58. The van der Waals surface area contributed by atoms with Crippen LogP contribution in [0.15, 0.2) is 24.4 Å². The maximum absolute atomic E-state index is 13.4. The zero-order chi connectivity index (χ0) is 20.7. The minimum Gasteiger partial charge on any atom is -0.314 e. The molecule has 7 nitrogen and oxygen atoms in total. The van der Waals surface area contributed by atoms with Gasteiger partial charge in [0.25, 0.3) is 0 Å². The molecule has 4 rings (SSSR count). The summed E-state index contributed by atoms with van der Waals surface area (Å²) in [6, 6.07) is 3.67. The van der Waals surface area contributed by atoms with Crippen molar-refractivity contribution in [2.24, 2.45) is 5.92 Å². The minimum absolute atomic E-state index is 0.0483. The number of benzene rings is 1. The van der Waals surface area contributed by atoms with Crippen molar-refractivity contribution in [2.75, 3.05) is 16.8 Å². The van der Waals surface area contributed by atoms with E-state index >= 15 is 0 Å². The molecule has 2 atom stereocenters. The molecule has 2 aromatic rings. The average Bonchev–Trinajstić information content (AvgIpc) is 3.26. The van der Waals surface area contributed by atoms with E-state index in [-0.39, 0.29) is 23.0 Å². The van der Waals surface area contributed by atoms with E-state index in [0.717, 1.165) is 17.8 Å². The van der Waals surface area contributed by atoms with Gasteiger partial charge in [-0.25, -0.2) is 9.18 Å². The van der Waals surface area contributed by atoms with E-state index in [9.17, 15) is 14.0 Å². The molecule has 1 fully saturated rings. The Morgan fingerprint density at radius 1 is 1.38 bits per heavy atom. The van der Waals surface area contributed by atoms with E-state index in [2.05, 4.69) is 17.3 Å². The summed E-state index contributed by atoms with van der Waals surface area (Å²) in [5.41, 5.74) is 2.05. The Hall–Kier alpha value is -2.61. The quantitative estimate of drug-likeness (QED) is 0.820. The summed E-state index contributed by atoms with van der Waals surface area (Å²) in [5, 5.41) is 7.17. The van der Waals surface area contributed by atoms with Crippen molar-refractivity contribution in [1.29, 1.82) is 0 Å². The summed E-state index contributed by atoms with van der Waals surface area (Å²) < 4.78 is 15.2. The predicted molar refractivity (Wildman–Crippen MR) is 108 cm³/mol. The van der Waals surface area contributed by atoms with Gasteiger partial charge >= 0.3 is 6.03 Å². The van der Waals surface area contributed by atoms with Crippen molar-refractivity contribution in [3.8, 4) is 0 Å². The first kappa shape index (κ1) is 19.7. The molecule has 2 aliphatic rings. The lowest BCUT2D eigenvalue weighted by Crippen LogP contribution is -2.47. The third kappa shape index (κ3) is 3.69. The first-order valence-electron chi connectivity index (χ1n) is 9.75. The molecule has 0 aliphatic carbocycles. The van der Waals surface area contributed by atoms with Gasteiger partial charge in [-0.2, -0.15) is 5.10 Å². The molecule has 1 saturated heterocycles. The Labute approximate surface area is 173 Å². The van der Waals surface area contributed by atoms with Crippen LogP contribution < -0.4 is 10.2 Å². The van der Waals surface area contributed by atoms with Gasteiger partial charge in [-0.1, -0.05) is 24.9 Å². The summed E-state index contributed by atoms with van der Waals surface area (Å²) in [4.78, 5) is 28.8. The van der Waals surface area contributed by atoms with Crippen molar-refractivity contribution < 1.29 is 14.0 Å². The highest BCUT2D eigenvalue weighted by molar-refractivity contribution is 6.31.